The van der Waals surface area contributed by atoms with Crippen LogP contribution in [0.15, 0.2) is 54.7 Å². The lowest BCUT2D eigenvalue weighted by atomic mass is 9.79. The number of fused-ring (bicyclic) bond motifs is 3. The molecule has 36 heavy (non-hydrogen) atoms. The molecule has 5 rings (SSSR count). The van der Waals surface area contributed by atoms with Crippen LogP contribution in [0.3, 0.4) is 0 Å². The van der Waals surface area contributed by atoms with Gasteiger partial charge in [0.25, 0.3) is 5.91 Å². The Hall–Kier alpha value is -3.89. The second kappa shape index (κ2) is 8.07. The summed E-state index contributed by atoms with van der Waals surface area (Å²) < 4.78 is 78.5. The summed E-state index contributed by atoms with van der Waals surface area (Å²) in [7, 11) is 0. The molecule has 2 heterocycles. The fourth-order valence-electron chi connectivity index (χ4n) is 4.81. The number of nitrogens with one attached hydrogen (secondary N) is 2. The van der Waals surface area contributed by atoms with E-state index in [9.17, 15) is 35.9 Å². The van der Waals surface area contributed by atoms with Gasteiger partial charge in [0.1, 0.15) is 5.82 Å². The first kappa shape index (κ1) is 23.8. The maximum absolute atomic E-state index is 13.1. The van der Waals surface area contributed by atoms with Crippen LogP contribution in [0.25, 0.3) is 0 Å². The molecule has 0 bridgehead atoms. The summed E-state index contributed by atoms with van der Waals surface area (Å²) in [6.45, 7) is -0.533. The first-order chi connectivity index (χ1) is 16.9. The smallest absolute Gasteiger partial charge is 0.348 e. The minimum atomic E-state index is -4.98. The minimum absolute atomic E-state index is 0.0362. The number of hydrogen-bond donors (Lipinski definition) is 2. The Kier molecular flexibility index (Phi) is 5.34. The molecule has 3 aromatic rings. The zero-order chi connectivity index (χ0) is 25.9. The monoisotopic (exact) mass is 505 g/mol. The molecule has 2 aliphatic rings. The van der Waals surface area contributed by atoms with E-state index >= 15 is 0 Å². The SMILES string of the molecule is O=C(NCc1cc(C(F)(F)F)cc(C(F)(F)F)c1)c1ccc2c(c1)CC1(C2)C(=O)Nc2ncccc21. The second-order valence-electron chi connectivity index (χ2n) is 8.87. The first-order valence-corrected chi connectivity index (χ1v) is 10.8. The molecular weight excluding hydrogens is 488 g/mol. The number of halogens is 6. The van der Waals surface area contributed by atoms with Crippen molar-refractivity contribution >= 4 is 17.6 Å². The van der Waals surface area contributed by atoms with Crippen molar-refractivity contribution in [3.05, 3.63) is 93.7 Å². The molecule has 2 N–H and O–H groups in total. The molecule has 5 nitrogen and oxygen atoms in total. The minimum Gasteiger partial charge on any atom is -0.348 e. The molecule has 1 unspecified atom stereocenters. The van der Waals surface area contributed by atoms with Crippen LogP contribution in [-0.2, 0) is 41.9 Å². The van der Waals surface area contributed by atoms with Gasteiger partial charge < -0.3 is 10.6 Å². The van der Waals surface area contributed by atoms with Gasteiger partial charge in [-0.15, -0.1) is 0 Å². The maximum atomic E-state index is 13.1. The highest BCUT2D eigenvalue weighted by atomic mass is 19.4. The number of anilines is 1. The average molecular weight is 505 g/mol. The predicted molar refractivity (Wildman–Crippen MR) is 116 cm³/mol. The van der Waals surface area contributed by atoms with E-state index in [0.29, 0.717) is 30.8 Å². The Morgan fingerprint density at radius 1 is 0.944 bits per heavy atom. The van der Waals surface area contributed by atoms with Crippen LogP contribution in [0.2, 0.25) is 0 Å². The number of amides is 2. The van der Waals surface area contributed by atoms with Crippen LogP contribution in [0.5, 0.6) is 0 Å². The fourth-order valence-corrected chi connectivity index (χ4v) is 4.81. The van der Waals surface area contributed by atoms with Gasteiger partial charge in [-0.1, -0.05) is 12.1 Å². The lowest BCUT2D eigenvalue weighted by Crippen LogP contribution is -2.35. The molecular formula is C25H17F6N3O2. The maximum Gasteiger partial charge on any atom is 0.416 e. The van der Waals surface area contributed by atoms with E-state index in [1.54, 1.807) is 24.4 Å². The number of alkyl halides is 6. The van der Waals surface area contributed by atoms with Crippen molar-refractivity contribution in [1.82, 2.24) is 10.3 Å². The molecule has 11 heteroatoms. The topological polar surface area (TPSA) is 71.1 Å². The van der Waals surface area contributed by atoms with E-state index in [1.807, 2.05) is 6.07 Å². The van der Waals surface area contributed by atoms with Crippen LogP contribution >= 0.6 is 0 Å². The standard InChI is InChI=1S/C25H17F6N3O2/c26-24(27,28)17-6-13(7-18(9-17)25(29,30)31)12-33-21(35)14-3-4-15-10-23(11-16(15)8-14)19-2-1-5-32-20(19)34-22(23)36/h1-9H,10-12H2,(H,33,35)(H,32,34,36). The van der Waals surface area contributed by atoms with Gasteiger partial charge in [0.05, 0.1) is 16.5 Å². The number of benzene rings is 2. The number of nitrogens with zero attached hydrogens (tertiary/aromatic N) is 1. The normalized spacial score (nSPS) is 18.7. The third-order valence-electron chi connectivity index (χ3n) is 6.54. The summed E-state index contributed by atoms with van der Waals surface area (Å²) in [6, 6.07) is 9.55. The Balaban J connectivity index is 1.35. The van der Waals surface area contributed by atoms with Crippen LogP contribution < -0.4 is 10.6 Å². The average Bonchev–Trinajstić information content (AvgIpc) is 3.33. The van der Waals surface area contributed by atoms with E-state index < -0.39 is 41.3 Å². The van der Waals surface area contributed by atoms with Crippen molar-refractivity contribution < 1.29 is 35.9 Å². The second-order valence-corrected chi connectivity index (χ2v) is 8.87. The van der Waals surface area contributed by atoms with Crippen molar-refractivity contribution in [2.75, 3.05) is 5.32 Å². The molecule has 0 saturated heterocycles. The first-order valence-electron chi connectivity index (χ1n) is 10.8. The molecule has 0 fully saturated rings. The summed E-state index contributed by atoms with van der Waals surface area (Å²) in [6.07, 6.45) is -7.63. The Morgan fingerprint density at radius 2 is 1.61 bits per heavy atom. The molecule has 186 valence electrons. The highest BCUT2D eigenvalue weighted by molar-refractivity contribution is 6.06. The molecule has 1 aromatic heterocycles. The molecule has 0 saturated carbocycles. The van der Waals surface area contributed by atoms with E-state index in [2.05, 4.69) is 15.6 Å². The largest absolute Gasteiger partial charge is 0.416 e. The highest BCUT2D eigenvalue weighted by Gasteiger charge is 2.51. The van der Waals surface area contributed by atoms with E-state index in [0.717, 1.165) is 16.7 Å². The van der Waals surface area contributed by atoms with E-state index in [1.165, 1.54) is 6.07 Å². The zero-order valence-electron chi connectivity index (χ0n) is 18.3. The van der Waals surface area contributed by atoms with Gasteiger partial charge in [0.15, 0.2) is 0 Å². The molecule has 1 atom stereocenters. The van der Waals surface area contributed by atoms with Crippen LogP contribution in [0.4, 0.5) is 32.2 Å². The molecule has 2 amide bonds. The summed E-state index contributed by atoms with van der Waals surface area (Å²) in [4.78, 5) is 29.7. The van der Waals surface area contributed by atoms with Crippen molar-refractivity contribution in [2.45, 2.75) is 37.2 Å². The number of rotatable bonds is 3. The van der Waals surface area contributed by atoms with Gasteiger partial charge in [-0.3, -0.25) is 9.59 Å². The van der Waals surface area contributed by atoms with Gasteiger partial charge in [-0.25, -0.2) is 4.98 Å². The van der Waals surface area contributed by atoms with Gasteiger partial charge in [0, 0.05) is 23.9 Å². The summed E-state index contributed by atoms with van der Waals surface area (Å²) >= 11 is 0. The number of hydrogen-bond acceptors (Lipinski definition) is 3. The van der Waals surface area contributed by atoms with E-state index in [4.69, 9.17) is 0 Å². The molecule has 2 aromatic carbocycles. The Bertz CT molecular complexity index is 1370. The quantitative estimate of drug-likeness (QED) is 0.491. The van der Waals surface area contributed by atoms with Crippen molar-refractivity contribution in [3.63, 3.8) is 0 Å². The molecule has 1 aliphatic heterocycles. The lowest BCUT2D eigenvalue weighted by molar-refractivity contribution is -0.143. The number of carbonyl (C=O) groups is 2. The van der Waals surface area contributed by atoms with Crippen LogP contribution in [0.1, 0.15) is 43.7 Å². The number of carbonyl (C=O) groups excluding carboxylic acids is 2. The summed E-state index contributed by atoms with van der Waals surface area (Å²) in [5, 5.41) is 5.17. The summed E-state index contributed by atoms with van der Waals surface area (Å²) in [5.41, 5.74) is -1.51. The zero-order valence-corrected chi connectivity index (χ0v) is 18.3. The highest BCUT2D eigenvalue weighted by Crippen LogP contribution is 2.46. The Labute approximate surface area is 200 Å². The van der Waals surface area contributed by atoms with Gasteiger partial charge >= 0.3 is 12.4 Å². The molecule has 1 spiro atoms. The molecule has 1 aliphatic carbocycles. The number of pyridine rings is 1. The van der Waals surface area contributed by atoms with E-state index in [-0.39, 0.29) is 23.1 Å². The van der Waals surface area contributed by atoms with Gasteiger partial charge in [-0.05, 0) is 65.9 Å². The van der Waals surface area contributed by atoms with Crippen molar-refractivity contribution in [3.8, 4) is 0 Å². The van der Waals surface area contributed by atoms with Crippen molar-refractivity contribution in [1.29, 1.82) is 0 Å². The number of aromatic nitrogens is 1. The van der Waals surface area contributed by atoms with Crippen molar-refractivity contribution in [2.24, 2.45) is 0 Å². The van der Waals surface area contributed by atoms with Gasteiger partial charge in [-0.2, -0.15) is 26.3 Å². The van der Waals surface area contributed by atoms with Gasteiger partial charge in [0.2, 0.25) is 5.91 Å². The van der Waals surface area contributed by atoms with Crippen LogP contribution in [0, 0.1) is 0 Å². The third-order valence-corrected chi connectivity index (χ3v) is 6.54. The molecule has 0 radical (unpaired) electrons. The summed E-state index contributed by atoms with van der Waals surface area (Å²) in [5.74, 6) is -0.362. The van der Waals surface area contributed by atoms with Crippen LogP contribution in [-0.4, -0.2) is 16.8 Å². The Morgan fingerprint density at radius 3 is 2.28 bits per heavy atom. The fraction of sp³-hybridized carbons (Fsp3) is 0.240. The lowest BCUT2D eigenvalue weighted by Gasteiger charge is -2.20. The third kappa shape index (κ3) is 4.08. The predicted octanol–water partition coefficient (Wildman–Crippen LogP) is 5.04.